The van der Waals surface area contributed by atoms with Crippen molar-refractivity contribution >= 4 is 27.3 Å². The third-order valence-corrected chi connectivity index (χ3v) is 3.57. The first-order valence-corrected chi connectivity index (χ1v) is 6.78. The Morgan fingerprint density at radius 1 is 1.21 bits per heavy atom. The molecule has 0 heterocycles. The average Bonchev–Trinajstić information content (AvgIpc) is 2.39. The molecule has 0 unspecified atom stereocenters. The van der Waals surface area contributed by atoms with Gasteiger partial charge in [-0.15, -0.1) is 0 Å². The number of hydrogen-bond acceptors (Lipinski definition) is 3. The van der Waals surface area contributed by atoms with E-state index in [9.17, 15) is 0 Å². The summed E-state index contributed by atoms with van der Waals surface area (Å²) in [5.41, 5.74) is 8.89. The Kier molecular flexibility index (Phi) is 4.32. The number of nitrogens with zero attached hydrogens (tertiary/aromatic N) is 1. The number of rotatable bonds is 4. The summed E-state index contributed by atoms with van der Waals surface area (Å²) in [5.74, 6) is 0.843. The normalized spacial score (nSPS) is 10.3. The van der Waals surface area contributed by atoms with Crippen molar-refractivity contribution in [1.82, 2.24) is 0 Å². The fourth-order valence-electron chi connectivity index (χ4n) is 1.94. The molecule has 2 aromatic carbocycles. The first-order valence-electron chi connectivity index (χ1n) is 5.99. The monoisotopic (exact) mass is 320 g/mol. The minimum absolute atomic E-state index is 0.778. The van der Waals surface area contributed by atoms with Crippen LogP contribution in [0.1, 0.15) is 5.56 Å². The molecule has 100 valence electrons. The molecule has 3 nitrogen and oxygen atoms in total. The maximum absolute atomic E-state index is 5.80. The number of hydrogen-bond donors (Lipinski definition) is 1. The van der Waals surface area contributed by atoms with E-state index in [1.165, 1.54) is 5.56 Å². The molecule has 2 rings (SSSR count). The first-order chi connectivity index (χ1) is 9.10. The van der Waals surface area contributed by atoms with Crippen LogP contribution in [0.4, 0.5) is 11.4 Å². The lowest BCUT2D eigenvalue weighted by Crippen LogP contribution is -2.16. The molecule has 0 aliphatic rings. The lowest BCUT2D eigenvalue weighted by Gasteiger charge is -2.20. The summed E-state index contributed by atoms with van der Waals surface area (Å²) in [6.45, 7) is 0.812. The van der Waals surface area contributed by atoms with Crippen molar-refractivity contribution in [2.45, 2.75) is 6.54 Å². The summed E-state index contributed by atoms with van der Waals surface area (Å²) in [5, 5.41) is 0. The molecule has 0 atom stereocenters. The van der Waals surface area contributed by atoms with Gasteiger partial charge in [-0.25, -0.2) is 0 Å². The molecule has 0 amide bonds. The van der Waals surface area contributed by atoms with Gasteiger partial charge >= 0.3 is 0 Å². The van der Waals surface area contributed by atoms with Gasteiger partial charge in [-0.05, 0) is 51.8 Å². The highest BCUT2D eigenvalue weighted by Gasteiger charge is 2.05. The van der Waals surface area contributed by atoms with E-state index in [1.807, 2.05) is 31.3 Å². The van der Waals surface area contributed by atoms with Gasteiger partial charge < -0.3 is 15.4 Å². The predicted molar refractivity (Wildman–Crippen MR) is 83.7 cm³/mol. The van der Waals surface area contributed by atoms with Crippen LogP contribution in [-0.4, -0.2) is 14.2 Å². The highest BCUT2D eigenvalue weighted by Crippen LogP contribution is 2.27. The second kappa shape index (κ2) is 5.97. The summed E-state index contributed by atoms with van der Waals surface area (Å²) in [4.78, 5) is 2.16. The highest BCUT2D eigenvalue weighted by atomic mass is 79.9. The Hall–Kier alpha value is -1.68. The lowest BCUT2D eigenvalue weighted by atomic mass is 10.2. The van der Waals surface area contributed by atoms with Crippen molar-refractivity contribution in [3.63, 3.8) is 0 Å². The number of anilines is 2. The van der Waals surface area contributed by atoms with Crippen molar-refractivity contribution in [1.29, 1.82) is 0 Å². The minimum Gasteiger partial charge on any atom is -0.496 e. The topological polar surface area (TPSA) is 38.5 Å². The van der Waals surface area contributed by atoms with Crippen molar-refractivity contribution in [2.75, 3.05) is 24.8 Å². The van der Waals surface area contributed by atoms with Crippen LogP contribution in [-0.2, 0) is 6.54 Å². The van der Waals surface area contributed by atoms with Crippen LogP contribution < -0.4 is 15.4 Å². The molecule has 0 fully saturated rings. The van der Waals surface area contributed by atoms with E-state index in [4.69, 9.17) is 10.5 Å². The van der Waals surface area contributed by atoms with E-state index in [0.29, 0.717) is 0 Å². The zero-order valence-electron chi connectivity index (χ0n) is 11.1. The van der Waals surface area contributed by atoms with E-state index in [0.717, 1.165) is 28.1 Å². The van der Waals surface area contributed by atoms with E-state index >= 15 is 0 Å². The Bertz CT molecular complexity index is 572. The number of nitrogen functional groups attached to an aromatic ring is 1. The number of halogens is 1. The summed E-state index contributed by atoms with van der Waals surface area (Å²) in [6.07, 6.45) is 0. The second-order valence-corrected chi connectivity index (χ2v) is 5.27. The average molecular weight is 321 g/mol. The Labute approximate surface area is 122 Å². The molecular weight excluding hydrogens is 304 g/mol. The largest absolute Gasteiger partial charge is 0.496 e. The molecule has 0 saturated heterocycles. The highest BCUT2D eigenvalue weighted by molar-refractivity contribution is 9.10. The van der Waals surface area contributed by atoms with E-state index in [2.05, 4.69) is 39.0 Å². The smallest absolute Gasteiger partial charge is 0.133 e. The van der Waals surface area contributed by atoms with Gasteiger partial charge in [-0.3, -0.25) is 0 Å². The summed E-state index contributed by atoms with van der Waals surface area (Å²) < 4.78 is 6.19. The molecule has 2 aromatic rings. The lowest BCUT2D eigenvalue weighted by molar-refractivity contribution is 0.412. The fourth-order valence-corrected chi connectivity index (χ4v) is 2.52. The van der Waals surface area contributed by atoms with Crippen LogP contribution in [0.5, 0.6) is 5.75 Å². The van der Waals surface area contributed by atoms with Gasteiger partial charge in [0.15, 0.2) is 0 Å². The molecule has 0 aliphatic heterocycles. The molecule has 4 heteroatoms. The Morgan fingerprint density at radius 3 is 2.63 bits per heavy atom. The van der Waals surface area contributed by atoms with Crippen LogP contribution in [0.3, 0.4) is 0 Å². The summed E-state index contributed by atoms with van der Waals surface area (Å²) >= 11 is 3.50. The summed E-state index contributed by atoms with van der Waals surface area (Å²) in [6, 6.07) is 14.0. The van der Waals surface area contributed by atoms with Crippen LogP contribution in [0.25, 0.3) is 0 Å². The van der Waals surface area contributed by atoms with E-state index in [1.54, 1.807) is 7.11 Å². The molecule has 0 aliphatic carbocycles. The van der Waals surface area contributed by atoms with Crippen molar-refractivity contribution in [2.24, 2.45) is 0 Å². The number of nitrogens with two attached hydrogens (primary N) is 1. The molecule has 0 spiro atoms. The molecule has 0 aromatic heterocycles. The van der Waals surface area contributed by atoms with Crippen LogP contribution >= 0.6 is 15.9 Å². The standard InChI is InChI=1S/C15H17BrN2O/c1-18(13-5-3-4-12(17)9-13)10-11-6-7-15(19-2)14(16)8-11/h3-9H,10,17H2,1-2H3. The number of benzene rings is 2. The van der Waals surface area contributed by atoms with Gasteiger partial charge in [0.2, 0.25) is 0 Å². The van der Waals surface area contributed by atoms with Crippen molar-refractivity contribution < 1.29 is 4.74 Å². The third kappa shape index (κ3) is 3.41. The molecule has 2 N–H and O–H groups in total. The number of methoxy groups -OCH3 is 1. The summed E-state index contributed by atoms with van der Waals surface area (Å²) in [7, 11) is 3.71. The SMILES string of the molecule is COc1ccc(CN(C)c2cccc(N)c2)cc1Br. The van der Waals surface area contributed by atoms with Gasteiger partial charge in [-0.2, -0.15) is 0 Å². The number of ether oxygens (including phenoxy) is 1. The fraction of sp³-hybridized carbons (Fsp3) is 0.200. The van der Waals surface area contributed by atoms with E-state index in [-0.39, 0.29) is 0 Å². The zero-order valence-corrected chi connectivity index (χ0v) is 12.6. The van der Waals surface area contributed by atoms with Crippen molar-refractivity contribution in [3.05, 3.63) is 52.5 Å². The van der Waals surface area contributed by atoms with Crippen LogP contribution in [0.15, 0.2) is 46.9 Å². The quantitative estimate of drug-likeness (QED) is 0.873. The first kappa shape index (κ1) is 13.7. The molecule has 19 heavy (non-hydrogen) atoms. The predicted octanol–water partition coefficient (Wildman–Crippen LogP) is 3.68. The molecular formula is C15H17BrN2O. The molecule has 0 bridgehead atoms. The third-order valence-electron chi connectivity index (χ3n) is 2.95. The zero-order chi connectivity index (χ0) is 13.8. The maximum Gasteiger partial charge on any atom is 0.133 e. The van der Waals surface area contributed by atoms with Gasteiger partial charge in [0.05, 0.1) is 11.6 Å². The minimum atomic E-state index is 0.778. The van der Waals surface area contributed by atoms with Gasteiger partial charge in [0.25, 0.3) is 0 Å². The Balaban J connectivity index is 2.14. The van der Waals surface area contributed by atoms with E-state index < -0.39 is 0 Å². The second-order valence-electron chi connectivity index (χ2n) is 4.42. The van der Waals surface area contributed by atoms with Crippen molar-refractivity contribution in [3.8, 4) is 5.75 Å². The maximum atomic E-state index is 5.80. The molecule has 0 radical (unpaired) electrons. The van der Waals surface area contributed by atoms with Crippen LogP contribution in [0, 0.1) is 0 Å². The van der Waals surface area contributed by atoms with Gasteiger partial charge in [0, 0.05) is 25.0 Å². The van der Waals surface area contributed by atoms with Gasteiger partial charge in [-0.1, -0.05) is 12.1 Å². The van der Waals surface area contributed by atoms with Gasteiger partial charge in [0.1, 0.15) is 5.75 Å². The van der Waals surface area contributed by atoms with Crippen LogP contribution in [0.2, 0.25) is 0 Å². The Morgan fingerprint density at radius 2 is 2.00 bits per heavy atom. The molecule has 0 saturated carbocycles.